The average Bonchev–Trinajstić information content (AvgIpc) is 2.58. The summed E-state index contributed by atoms with van der Waals surface area (Å²) < 4.78 is 16.2. The summed E-state index contributed by atoms with van der Waals surface area (Å²) in [7, 11) is 1.56. The van der Waals surface area contributed by atoms with Gasteiger partial charge in [-0.15, -0.1) is 0 Å². The quantitative estimate of drug-likeness (QED) is 0.627. The van der Waals surface area contributed by atoms with Crippen molar-refractivity contribution in [3.63, 3.8) is 0 Å². The van der Waals surface area contributed by atoms with Crippen LogP contribution in [-0.4, -0.2) is 43.4 Å². The van der Waals surface area contributed by atoms with Crippen LogP contribution < -0.4 is 10.1 Å². The summed E-state index contributed by atoms with van der Waals surface area (Å²) in [6, 6.07) is 1.84. The highest BCUT2D eigenvalue weighted by Gasteiger charge is 2.32. The fourth-order valence-electron chi connectivity index (χ4n) is 2.21. The lowest BCUT2D eigenvalue weighted by Crippen LogP contribution is -2.42. The first kappa shape index (κ1) is 20.4. The Labute approximate surface area is 144 Å². The molecule has 1 amide bonds. The smallest absolute Gasteiger partial charge is 0.256 e. The van der Waals surface area contributed by atoms with Crippen LogP contribution >= 0.6 is 0 Å². The normalized spacial score (nSPS) is 13.4. The van der Waals surface area contributed by atoms with E-state index < -0.39 is 5.60 Å². The molecule has 136 valence electrons. The predicted octanol–water partition coefficient (Wildman–Crippen LogP) is 3.34. The number of ether oxygens (including phenoxy) is 3. The molecule has 6 nitrogen and oxygen atoms in total. The van der Waals surface area contributed by atoms with Gasteiger partial charge < -0.3 is 19.5 Å². The Hall–Kier alpha value is -1.66. The number of rotatable bonds is 11. The first-order valence-electron chi connectivity index (χ1n) is 8.50. The summed E-state index contributed by atoms with van der Waals surface area (Å²) in [5.74, 6) is 0.387. The highest BCUT2D eigenvalue weighted by molar-refractivity contribution is 5.97. The summed E-state index contributed by atoms with van der Waals surface area (Å²) in [6.45, 7) is 9.37. The Bertz CT molecular complexity index is 522. The first-order valence-corrected chi connectivity index (χ1v) is 8.50. The van der Waals surface area contributed by atoms with E-state index in [1.807, 2.05) is 26.8 Å². The topological polar surface area (TPSA) is 69.7 Å². The molecule has 1 N–H and O–H groups in total. The number of amides is 1. The molecule has 1 heterocycles. The second kappa shape index (κ2) is 10.3. The zero-order valence-corrected chi connectivity index (χ0v) is 15.5. The number of aryl methyl sites for hydroxylation is 1. The fraction of sp³-hybridized carbons (Fsp3) is 0.667. The summed E-state index contributed by atoms with van der Waals surface area (Å²) in [4.78, 5) is 16.8. The summed E-state index contributed by atoms with van der Waals surface area (Å²) in [5.41, 5.74) is 0.655. The molecule has 0 aliphatic heterocycles. The van der Waals surface area contributed by atoms with Gasteiger partial charge in [0.15, 0.2) is 0 Å². The molecule has 24 heavy (non-hydrogen) atoms. The van der Waals surface area contributed by atoms with E-state index in [1.165, 1.54) is 0 Å². The second-order valence-corrected chi connectivity index (χ2v) is 5.88. The third-order valence-corrected chi connectivity index (χ3v) is 3.90. The molecule has 1 unspecified atom stereocenters. The first-order chi connectivity index (χ1) is 11.5. The Balaban J connectivity index is 2.67. The monoisotopic (exact) mass is 338 g/mol. The van der Waals surface area contributed by atoms with Crippen LogP contribution in [0.1, 0.15) is 45.6 Å². The third kappa shape index (κ3) is 6.09. The molecule has 0 radical (unpaired) electrons. The zero-order chi connectivity index (χ0) is 18.0. The maximum absolute atomic E-state index is 12.5. The van der Waals surface area contributed by atoms with Crippen molar-refractivity contribution in [3.8, 4) is 5.88 Å². The van der Waals surface area contributed by atoms with Crippen molar-refractivity contribution >= 4 is 11.6 Å². The van der Waals surface area contributed by atoms with Crippen molar-refractivity contribution in [2.45, 2.75) is 52.6 Å². The van der Waals surface area contributed by atoms with Crippen molar-refractivity contribution in [1.29, 1.82) is 0 Å². The van der Waals surface area contributed by atoms with Gasteiger partial charge in [-0.2, -0.15) is 0 Å². The van der Waals surface area contributed by atoms with Crippen molar-refractivity contribution < 1.29 is 19.0 Å². The van der Waals surface area contributed by atoms with E-state index >= 15 is 0 Å². The van der Waals surface area contributed by atoms with Crippen LogP contribution in [0.15, 0.2) is 12.3 Å². The molecule has 0 saturated carbocycles. The van der Waals surface area contributed by atoms with Crippen LogP contribution in [0.4, 0.5) is 5.69 Å². The Morgan fingerprint density at radius 3 is 2.67 bits per heavy atom. The van der Waals surface area contributed by atoms with Crippen molar-refractivity contribution in [2.75, 3.05) is 32.2 Å². The van der Waals surface area contributed by atoms with E-state index in [0.717, 1.165) is 18.4 Å². The van der Waals surface area contributed by atoms with Gasteiger partial charge in [0, 0.05) is 19.3 Å². The second-order valence-electron chi connectivity index (χ2n) is 5.88. The summed E-state index contributed by atoms with van der Waals surface area (Å²) >= 11 is 0. The molecule has 0 saturated heterocycles. The number of anilines is 1. The average molecular weight is 338 g/mol. The van der Waals surface area contributed by atoms with Crippen LogP contribution in [0.5, 0.6) is 5.88 Å². The number of nitrogens with one attached hydrogen (secondary N) is 1. The van der Waals surface area contributed by atoms with Crippen LogP contribution in [0.25, 0.3) is 0 Å². The lowest BCUT2D eigenvalue weighted by Gasteiger charge is -2.26. The number of nitrogens with zero attached hydrogens (tertiary/aromatic N) is 1. The molecule has 1 rings (SSSR count). The van der Waals surface area contributed by atoms with Gasteiger partial charge in [0.1, 0.15) is 12.2 Å². The Morgan fingerprint density at radius 2 is 2.08 bits per heavy atom. The van der Waals surface area contributed by atoms with Crippen LogP contribution in [0, 0.1) is 6.92 Å². The van der Waals surface area contributed by atoms with Gasteiger partial charge in [0.2, 0.25) is 5.88 Å². The van der Waals surface area contributed by atoms with E-state index in [4.69, 9.17) is 14.2 Å². The van der Waals surface area contributed by atoms with Gasteiger partial charge in [0.25, 0.3) is 5.91 Å². The fourth-order valence-corrected chi connectivity index (χ4v) is 2.21. The number of pyridine rings is 1. The van der Waals surface area contributed by atoms with Gasteiger partial charge in [-0.05, 0) is 33.3 Å². The lowest BCUT2D eigenvalue weighted by molar-refractivity contribution is -0.136. The number of aromatic nitrogens is 1. The predicted molar refractivity (Wildman–Crippen MR) is 94.5 cm³/mol. The van der Waals surface area contributed by atoms with E-state index in [1.54, 1.807) is 13.3 Å². The standard InChI is InChI=1S/C18H30N2O4/c1-6-8-9-18(4,22-5)17(21)20-15-12-14(3)16(19-13-15)24-11-10-23-7-2/h12-13H,6-11H2,1-5H3,(H,20,21). The molecular weight excluding hydrogens is 308 g/mol. The van der Waals surface area contributed by atoms with Crippen molar-refractivity contribution in [3.05, 3.63) is 17.8 Å². The Kier molecular flexibility index (Phi) is 8.71. The maximum Gasteiger partial charge on any atom is 0.256 e. The minimum Gasteiger partial charge on any atom is -0.475 e. The summed E-state index contributed by atoms with van der Waals surface area (Å²) in [5, 5.41) is 2.88. The Morgan fingerprint density at radius 1 is 1.33 bits per heavy atom. The molecule has 0 aliphatic carbocycles. The van der Waals surface area contributed by atoms with E-state index in [-0.39, 0.29) is 5.91 Å². The molecular formula is C18H30N2O4. The van der Waals surface area contributed by atoms with Crippen LogP contribution in [0.2, 0.25) is 0 Å². The largest absolute Gasteiger partial charge is 0.475 e. The minimum absolute atomic E-state index is 0.162. The number of unbranched alkanes of at least 4 members (excludes halogenated alkanes) is 1. The van der Waals surface area contributed by atoms with E-state index in [0.29, 0.717) is 37.8 Å². The number of hydrogen-bond acceptors (Lipinski definition) is 5. The third-order valence-electron chi connectivity index (χ3n) is 3.90. The molecule has 6 heteroatoms. The molecule has 1 aromatic rings. The zero-order valence-electron chi connectivity index (χ0n) is 15.5. The van der Waals surface area contributed by atoms with Gasteiger partial charge in [0.05, 0.1) is 18.5 Å². The number of carbonyl (C=O) groups is 1. The maximum atomic E-state index is 12.5. The number of carbonyl (C=O) groups excluding carboxylic acids is 1. The van der Waals surface area contributed by atoms with Gasteiger partial charge in [-0.25, -0.2) is 4.98 Å². The summed E-state index contributed by atoms with van der Waals surface area (Å²) in [6.07, 6.45) is 4.22. The number of methoxy groups -OCH3 is 1. The highest BCUT2D eigenvalue weighted by Crippen LogP contribution is 2.23. The molecule has 0 fully saturated rings. The van der Waals surface area contributed by atoms with Crippen LogP contribution in [0.3, 0.4) is 0 Å². The minimum atomic E-state index is -0.837. The van der Waals surface area contributed by atoms with Crippen molar-refractivity contribution in [2.24, 2.45) is 0 Å². The van der Waals surface area contributed by atoms with Crippen LogP contribution in [-0.2, 0) is 14.3 Å². The van der Waals surface area contributed by atoms with E-state index in [2.05, 4.69) is 17.2 Å². The number of hydrogen-bond donors (Lipinski definition) is 1. The van der Waals surface area contributed by atoms with Crippen molar-refractivity contribution in [1.82, 2.24) is 4.98 Å². The lowest BCUT2D eigenvalue weighted by atomic mass is 9.97. The molecule has 1 aromatic heterocycles. The molecule has 1 atom stereocenters. The van der Waals surface area contributed by atoms with Gasteiger partial charge in [-0.3, -0.25) is 4.79 Å². The molecule has 0 aliphatic rings. The van der Waals surface area contributed by atoms with E-state index in [9.17, 15) is 4.79 Å². The molecule has 0 aromatic carbocycles. The van der Waals surface area contributed by atoms with Gasteiger partial charge >= 0.3 is 0 Å². The van der Waals surface area contributed by atoms with Gasteiger partial charge in [-0.1, -0.05) is 19.8 Å². The highest BCUT2D eigenvalue weighted by atomic mass is 16.5. The molecule has 0 spiro atoms. The molecule has 0 bridgehead atoms. The SMILES string of the molecule is CCCCC(C)(OC)C(=O)Nc1cnc(OCCOCC)c(C)c1.